The smallest absolute Gasteiger partial charge is 0.264 e. The highest BCUT2D eigenvalue weighted by molar-refractivity contribution is 6.25. The first-order valence-electron chi connectivity index (χ1n) is 26.0. The molecule has 4 aromatic heterocycles. The fourth-order valence-corrected chi connectivity index (χ4v) is 11.1. The molecule has 75 heavy (non-hydrogen) atoms. The molecule has 6 aromatic rings. The minimum absolute atomic E-state index is 0.0169. The Morgan fingerprint density at radius 1 is 0.760 bits per heavy atom. The number of piperidine rings is 4. The summed E-state index contributed by atoms with van der Waals surface area (Å²) in [6.45, 7) is 5.74. The van der Waals surface area contributed by atoms with Gasteiger partial charge in [-0.2, -0.15) is 10.2 Å². The van der Waals surface area contributed by atoms with Crippen LogP contribution in [-0.2, 0) is 32.8 Å². The number of imide groups is 2. The van der Waals surface area contributed by atoms with Crippen LogP contribution in [0.3, 0.4) is 0 Å². The van der Waals surface area contributed by atoms with Crippen molar-refractivity contribution >= 4 is 63.5 Å². The van der Waals surface area contributed by atoms with Crippen molar-refractivity contribution in [2.24, 2.45) is 18.9 Å². The Morgan fingerprint density at radius 3 is 2.33 bits per heavy atom. The van der Waals surface area contributed by atoms with E-state index in [1.165, 1.54) is 0 Å². The van der Waals surface area contributed by atoms with E-state index in [9.17, 15) is 28.8 Å². The third-order valence-electron chi connectivity index (χ3n) is 15.4. The fourth-order valence-electron chi connectivity index (χ4n) is 11.1. The van der Waals surface area contributed by atoms with Gasteiger partial charge in [-0.3, -0.25) is 48.3 Å². The van der Waals surface area contributed by atoms with E-state index in [1.807, 2.05) is 65.7 Å². The predicted octanol–water partition coefficient (Wildman–Crippen LogP) is 5.41. The molecular weight excluding hydrogens is 951 g/mol. The van der Waals surface area contributed by atoms with Gasteiger partial charge >= 0.3 is 0 Å². The Kier molecular flexibility index (Phi) is 13.9. The first-order valence-corrected chi connectivity index (χ1v) is 26.0. The molecule has 1 atom stereocenters. The van der Waals surface area contributed by atoms with Crippen molar-refractivity contribution in [3.63, 3.8) is 0 Å². The van der Waals surface area contributed by atoms with E-state index in [0.29, 0.717) is 31.1 Å². The average Bonchev–Trinajstić information content (AvgIpc) is 4.17. The van der Waals surface area contributed by atoms with Crippen molar-refractivity contribution < 1.29 is 28.8 Å². The maximum atomic E-state index is 13.7. The van der Waals surface area contributed by atoms with Crippen LogP contribution in [0, 0.1) is 23.7 Å². The zero-order valence-electron chi connectivity index (χ0n) is 41.9. The second-order valence-corrected chi connectivity index (χ2v) is 20.3. The molecule has 0 spiro atoms. The van der Waals surface area contributed by atoms with Gasteiger partial charge in [-0.05, 0) is 105 Å². The Hall–Kier alpha value is -8.24. The van der Waals surface area contributed by atoms with Crippen molar-refractivity contribution in [2.45, 2.75) is 76.4 Å². The van der Waals surface area contributed by atoms with Gasteiger partial charge in [-0.25, -0.2) is 9.97 Å². The molecule has 0 saturated carbocycles. The minimum Gasteiger partial charge on any atom is -0.380 e. The SMILES string of the molecule is Cn1cc(-c2ccc3cnc(NC(=O)C4CCN(CCC#Cc5ccc(N6CCC(C(=O)N7CCC(n8cc(CNc9cccc%10c9C(=O)N(C9CCC(=O)NC9=O)C%10=O)cn8)CC7)CC6)nc5)CC4)cc3c2)cn1. The van der Waals surface area contributed by atoms with E-state index < -0.39 is 29.7 Å². The number of fused-ring (bicyclic) bond motifs is 2. The Bertz CT molecular complexity index is 3240. The Morgan fingerprint density at radius 2 is 1.57 bits per heavy atom. The maximum Gasteiger partial charge on any atom is 0.264 e. The standard InChI is InChI=1S/C56H59N13O6/c1-64-35-43(33-60-64)40-9-10-41-32-58-48(28-42(41)27-40)62-52(71)38-14-21-65(22-15-38)20-3-2-5-36-8-12-49(59-29-36)66-23-16-39(17-24-66)54(73)67-25-18-44(19-26-67)68-34-37(31-61-68)30-57-46-7-4-6-45-51(46)56(75)69(55(45)74)47-11-13-50(70)63-53(47)72/h4,6-10,12,27-29,31-35,38-39,44,47,57H,3,11,13-26,30H2,1H3,(H,58,62,71)(H,63,70,72). The molecule has 19 heteroatoms. The highest BCUT2D eigenvalue weighted by atomic mass is 16.2. The zero-order valence-corrected chi connectivity index (χ0v) is 41.9. The molecule has 9 heterocycles. The van der Waals surface area contributed by atoms with E-state index in [-0.39, 0.29) is 53.7 Å². The van der Waals surface area contributed by atoms with E-state index in [1.54, 1.807) is 35.3 Å². The molecule has 6 amide bonds. The van der Waals surface area contributed by atoms with Gasteiger partial charge in [0.2, 0.25) is 23.6 Å². The second kappa shape index (κ2) is 21.3. The van der Waals surface area contributed by atoms with Gasteiger partial charge in [-0.1, -0.05) is 30.0 Å². The summed E-state index contributed by atoms with van der Waals surface area (Å²) in [6, 6.07) is 16.3. The number of rotatable bonds is 12. The molecule has 384 valence electrons. The average molecular weight is 1010 g/mol. The van der Waals surface area contributed by atoms with Gasteiger partial charge in [-0.15, -0.1) is 0 Å². The van der Waals surface area contributed by atoms with Crippen LogP contribution in [0.15, 0.2) is 91.8 Å². The number of amides is 6. The number of nitrogens with zero attached hydrogens (tertiary/aromatic N) is 10. The van der Waals surface area contributed by atoms with E-state index in [4.69, 9.17) is 4.98 Å². The van der Waals surface area contributed by atoms with Crippen LogP contribution < -0.4 is 20.9 Å². The summed E-state index contributed by atoms with van der Waals surface area (Å²) >= 11 is 0. The second-order valence-electron chi connectivity index (χ2n) is 20.3. The first-order chi connectivity index (χ1) is 36.5. The van der Waals surface area contributed by atoms with Crippen molar-refractivity contribution in [2.75, 3.05) is 61.3 Å². The lowest BCUT2D eigenvalue weighted by Gasteiger charge is -2.37. The third kappa shape index (κ3) is 10.6. The summed E-state index contributed by atoms with van der Waals surface area (Å²) in [7, 11) is 1.90. The summed E-state index contributed by atoms with van der Waals surface area (Å²) in [5.74, 6) is 6.04. The monoisotopic (exact) mass is 1010 g/mol. The topological polar surface area (TPSA) is 213 Å². The molecule has 19 nitrogen and oxygen atoms in total. The summed E-state index contributed by atoms with van der Waals surface area (Å²) in [5, 5.41) is 19.5. The summed E-state index contributed by atoms with van der Waals surface area (Å²) in [5.41, 5.74) is 4.78. The lowest BCUT2D eigenvalue weighted by atomic mass is 9.93. The van der Waals surface area contributed by atoms with Crippen molar-refractivity contribution in [3.05, 3.63) is 114 Å². The molecule has 0 bridgehead atoms. The number of anilines is 3. The number of aryl methyl sites for hydroxylation is 1. The van der Waals surface area contributed by atoms with Crippen LogP contribution in [0.2, 0.25) is 0 Å². The Labute approximate surface area is 434 Å². The molecule has 4 saturated heterocycles. The molecule has 1 unspecified atom stereocenters. The minimum atomic E-state index is -1.03. The molecule has 5 aliphatic rings. The molecular formula is C56H59N13O6. The number of aromatic nitrogens is 6. The van der Waals surface area contributed by atoms with Gasteiger partial charge in [0.05, 0.1) is 29.6 Å². The van der Waals surface area contributed by atoms with Crippen LogP contribution >= 0.6 is 0 Å². The van der Waals surface area contributed by atoms with Gasteiger partial charge in [0.25, 0.3) is 11.8 Å². The number of nitrogens with one attached hydrogen (secondary N) is 3. The number of pyridine rings is 2. The quantitative estimate of drug-likeness (QED) is 0.104. The fraction of sp³-hybridized carbons (Fsp3) is 0.393. The van der Waals surface area contributed by atoms with Gasteiger partial charge in [0.1, 0.15) is 17.7 Å². The van der Waals surface area contributed by atoms with Crippen molar-refractivity contribution in [3.8, 4) is 23.0 Å². The number of benzene rings is 2. The van der Waals surface area contributed by atoms with Crippen molar-refractivity contribution in [1.82, 2.24) is 49.5 Å². The summed E-state index contributed by atoms with van der Waals surface area (Å²) < 4.78 is 3.74. The number of hydrogen-bond acceptors (Lipinski definition) is 13. The highest BCUT2D eigenvalue weighted by Gasteiger charge is 2.45. The lowest BCUT2D eigenvalue weighted by Crippen LogP contribution is -2.54. The third-order valence-corrected chi connectivity index (χ3v) is 15.4. The number of likely N-dealkylation sites (tertiary alicyclic amines) is 2. The normalized spacial score (nSPS) is 19.0. The molecule has 4 fully saturated rings. The number of carbonyl (C=O) groups excluding carboxylic acids is 6. The molecule has 0 radical (unpaired) electrons. The van der Waals surface area contributed by atoms with E-state index in [0.717, 1.165) is 121 Å². The Balaban J connectivity index is 0.581. The van der Waals surface area contributed by atoms with Crippen LogP contribution in [0.1, 0.15) is 95.7 Å². The predicted molar refractivity (Wildman–Crippen MR) is 280 cm³/mol. The summed E-state index contributed by atoms with van der Waals surface area (Å²) in [6.07, 6.45) is 16.8. The lowest BCUT2D eigenvalue weighted by molar-refractivity contribution is -0.138. The van der Waals surface area contributed by atoms with Gasteiger partial charge in [0.15, 0.2) is 0 Å². The summed E-state index contributed by atoms with van der Waals surface area (Å²) in [4.78, 5) is 94.8. The first kappa shape index (κ1) is 49.0. The van der Waals surface area contributed by atoms with Gasteiger partial charge < -0.3 is 25.3 Å². The maximum absolute atomic E-state index is 13.7. The van der Waals surface area contributed by atoms with Crippen LogP contribution in [0.4, 0.5) is 17.3 Å². The molecule has 0 aliphatic carbocycles. The highest BCUT2D eigenvalue weighted by Crippen LogP contribution is 2.34. The molecule has 3 N–H and O–H groups in total. The molecule has 11 rings (SSSR count). The largest absolute Gasteiger partial charge is 0.380 e. The van der Waals surface area contributed by atoms with Crippen LogP contribution in [0.25, 0.3) is 21.9 Å². The van der Waals surface area contributed by atoms with E-state index >= 15 is 0 Å². The van der Waals surface area contributed by atoms with E-state index in [2.05, 4.69) is 64.9 Å². The molecule has 5 aliphatic heterocycles. The van der Waals surface area contributed by atoms with Crippen LogP contribution in [0.5, 0.6) is 0 Å². The number of hydrogen-bond donors (Lipinski definition) is 3. The van der Waals surface area contributed by atoms with Gasteiger partial charge in [0, 0.05) is 124 Å². The van der Waals surface area contributed by atoms with Crippen LogP contribution in [-0.4, -0.2) is 132 Å². The van der Waals surface area contributed by atoms with Crippen molar-refractivity contribution in [1.29, 1.82) is 0 Å². The number of carbonyl (C=O) groups is 6. The zero-order chi connectivity index (χ0) is 51.6. The molecule has 2 aromatic carbocycles.